The molecule has 4 rings (SSSR count). The van der Waals surface area contributed by atoms with Crippen molar-refractivity contribution in [3.05, 3.63) is 69.7 Å². The Balaban J connectivity index is 2.11. The Kier molecular flexibility index (Phi) is 3.68. The van der Waals surface area contributed by atoms with Gasteiger partial charge in [-0.3, -0.25) is 14.5 Å². The minimum Gasteiger partial charge on any atom is -0.382 e. The van der Waals surface area contributed by atoms with Gasteiger partial charge in [-0.15, -0.1) is 0 Å². The molecule has 26 heavy (non-hydrogen) atoms. The fraction of sp³-hybridized carbons (Fsp3) is 0. The number of aromatic amines is 1. The number of anilines is 1. The maximum atomic E-state index is 13.0. The van der Waals surface area contributed by atoms with Gasteiger partial charge in [-0.25, -0.2) is 4.98 Å². The number of fused-ring (bicyclic) bond motifs is 1. The lowest BCUT2D eigenvalue weighted by molar-refractivity contribution is 1.01. The Bertz CT molecular complexity index is 1250. The molecule has 8 heteroatoms. The number of nitrogens with one attached hydrogen (secondary N) is 1. The Labute approximate surface area is 152 Å². The maximum absolute atomic E-state index is 13.0. The number of H-pyrrole nitrogens is 1. The third-order valence-electron chi connectivity index (χ3n) is 4.01. The van der Waals surface area contributed by atoms with Crippen LogP contribution in [-0.2, 0) is 0 Å². The molecule has 3 N–H and O–H groups in total. The lowest BCUT2D eigenvalue weighted by Crippen LogP contribution is -2.19. The summed E-state index contributed by atoms with van der Waals surface area (Å²) in [6.07, 6.45) is 1.62. The lowest BCUT2D eigenvalue weighted by Gasteiger charge is -2.11. The molecule has 0 atom stereocenters. The van der Waals surface area contributed by atoms with E-state index < -0.39 is 0 Å². The summed E-state index contributed by atoms with van der Waals surface area (Å²) in [5.41, 5.74) is 7.89. The van der Waals surface area contributed by atoms with Gasteiger partial charge in [-0.05, 0) is 24.3 Å². The first-order chi connectivity index (χ1) is 12.6. The van der Waals surface area contributed by atoms with Gasteiger partial charge >= 0.3 is 0 Å². The number of halogens is 1. The van der Waals surface area contributed by atoms with E-state index in [0.717, 1.165) is 0 Å². The smallest absolute Gasteiger partial charge is 0.268 e. The van der Waals surface area contributed by atoms with Crippen molar-refractivity contribution in [2.75, 3.05) is 5.73 Å². The number of benzene rings is 1. The summed E-state index contributed by atoms with van der Waals surface area (Å²) in [6.45, 7) is 0. The van der Waals surface area contributed by atoms with Crippen LogP contribution in [0.25, 0.3) is 27.8 Å². The number of aromatic nitrogens is 4. The molecule has 0 fully saturated rings. The van der Waals surface area contributed by atoms with Gasteiger partial charge in [0.15, 0.2) is 5.82 Å². The topological polar surface area (TPSA) is 113 Å². The normalized spacial score (nSPS) is 10.8. The van der Waals surface area contributed by atoms with Crippen LogP contribution in [0.2, 0.25) is 5.02 Å². The SMILES string of the molecule is N#Cc1cccc(-c2cn(-c3ccccc3Cl)c(=O)c3c(N)n[nH]c23)n1. The number of nitriles is 1. The number of nitrogen functional groups attached to an aromatic ring is 1. The fourth-order valence-corrected chi connectivity index (χ4v) is 3.03. The van der Waals surface area contributed by atoms with E-state index in [9.17, 15) is 4.79 Å². The van der Waals surface area contributed by atoms with E-state index in [2.05, 4.69) is 15.2 Å². The molecule has 0 radical (unpaired) electrons. The van der Waals surface area contributed by atoms with Crippen molar-refractivity contribution >= 4 is 28.3 Å². The predicted molar refractivity (Wildman–Crippen MR) is 99.1 cm³/mol. The summed E-state index contributed by atoms with van der Waals surface area (Å²) in [6, 6.07) is 14.1. The van der Waals surface area contributed by atoms with Crippen molar-refractivity contribution in [2.24, 2.45) is 0 Å². The summed E-state index contributed by atoms with van der Waals surface area (Å²) >= 11 is 6.27. The third kappa shape index (κ3) is 2.41. The van der Waals surface area contributed by atoms with Crippen LogP contribution in [0.3, 0.4) is 0 Å². The number of para-hydroxylation sites is 1. The Morgan fingerprint density at radius 1 is 1.19 bits per heavy atom. The Hall–Kier alpha value is -3.63. The van der Waals surface area contributed by atoms with Gasteiger partial charge in [-0.1, -0.05) is 29.8 Å². The van der Waals surface area contributed by atoms with Gasteiger partial charge in [0.1, 0.15) is 17.1 Å². The summed E-state index contributed by atoms with van der Waals surface area (Å²) in [5, 5.41) is 16.5. The van der Waals surface area contributed by atoms with E-state index in [4.69, 9.17) is 22.6 Å². The molecule has 3 heterocycles. The molecule has 4 aromatic rings. The van der Waals surface area contributed by atoms with Crippen molar-refractivity contribution in [3.8, 4) is 23.0 Å². The van der Waals surface area contributed by atoms with Gasteiger partial charge < -0.3 is 5.73 Å². The molecule has 0 unspecified atom stereocenters. The van der Waals surface area contributed by atoms with E-state index in [1.165, 1.54) is 4.57 Å². The zero-order valence-electron chi connectivity index (χ0n) is 13.3. The molecule has 0 bridgehead atoms. The van der Waals surface area contributed by atoms with Gasteiger partial charge in [0.05, 0.1) is 21.9 Å². The monoisotopic (exact) mass is 362 g/mol. The highest BCUT2D eigenvalue weighted by atomic mass is 35.5. The predicted octanol–water partition coefficient (Wildman–Crippen LogP) is 2.88. The van der Waals surface area contributed by atoms with Crippen LogP contribution >= 0.6 is 11.6 Å². The van der Waals surface area contributed by atoms with E-state index in [1.54, 1.807) is 48.7 Å². The van der Waals surface area contributed by atoms with Gasteiger partial charge in [0, 0.05) is 11.8 Å². The number of hydrogen-bond donors (Lipinski definition) is 2. The van der Waals surface area contributed by atoms with Crippen LogP contribution in [-0.4, -0.2) is 19.7 Å². The van der Waals surface area contributed by atoms with E-state index in [0.29, 0.717) is 27.5 Å². The molecule has 0 aliphatic heterocycles. The third-order valence-corrected chi connectivity index (χ3v) is 4.33. The average Bonchev–Trinajstić information content (AvgIpc) is 3.05. The van der Waals surface area contributed by atoms with Crippen molar-refractivity contribution in [3.63, 3.8) is 0 Å². The van der Waals surface area contributed by atoms with Crippen molar-refractivity contribution in [2.45, 2.75) is 0 Å². The molecule has 0 saturated heterocycles. The molecule has 1 aromatic carbocycles. The molecule has 0 aliphatic carbocycles. The highest BCUT2D eigenvalue weighted by molar-refractivity contribution is 6.32. The molecular weight excluding hydrogens is 352 g/mol. The summed E-state index contributed by atoms with van der Waals surface area (Å²) in [7, 11) is 0. The summed E-state index contributed by atoms with van der Waals surface area (Å²) < 4.78 is 1.41. The maximum Gasteiger partial charge on any atom is 0.268 e. The van der Waals surface area contributed by atoms with Crippen LogP contribution in [0.15, 0.2) is 53.5 Å². The van der Waals surface area contributed by atoms with E-state index in [-0.39, 0.29) is 22.5 Å². The van der Waals surface area contributed by atoms with Crippen LogP contribution in [0.5, 0.6) is 0 Å². The summed E-state index contributed by atoms with van der Waals surface area (Å²) in [4.78, 5) is 17.3. The van der Waals surface area contributed by atoms with E-state index >= 15 is 0 Å². The summed E-state index contributed by atoms with van der Waals surface area (Å²) in [5.74, 6) is 0.0871. The fourth-order valence-electron chi connectivity index (χ4n) is 2.81. The molecule has 3 aromatic heterocycles. The minimum absolute atomic E-state index is 0.0871. The molecule has 0 saturated carbocycles. The second-order valence-corrected chi connectivity index (χ2v) is 5.96. The quantitative estimate of drug-likeness (QED) is 0.569. The van der Waals surface area contributed by atoms with Gasteiger partial charge in [-0.2, -0.15) is 10.4 Å². The van der Waals surface area contributed by atoms with Crippen molar-refractivity contribution in [1.29, 1.82) is 5.26 Å². The largest absolute Gasteiger partial charge is 0.382 e. The Morgan fingerprint density at radius 2 is 2.00 bits per heavy atom. The number of hydrogen-bond acceptors (Lipinski definition) is 5. The molecule has 0 aliphatic rings. The second-order valence-electron chi connectivity index (χ2n) is 5.55. The molecular formula is C18H11ClN6O. The minimum atomic E-state index is -0.348. The average molecular weight is 363 g/mol. The van der Waals surface area contributed by atoms with Crippen LogP contribution in [0, 0.1) is 11.3 Å². The van der Waals surface area contributed by atoms with Crippen molar-refractivity contribution in [1.82, 2.24) is 19.7 Å². The Morgan fingerprint density at radius 3 is 2.77 bits per heavy atom. The van der Waals surface area contributed by atoms with Crippen LogP contribution < -0.4 is 11.3 Å². The number of pyridine rings is 2. The number of nitrogens with zero attached hydrogens (tertiary/aromatic N) is 4. The van der Waals surface area contributed by atoms with Crippen LogP contribution in [0.1, 0.15) is 5.69 Å². The first kappa shape index (κ1) is 15.9. The van der Waals surface area contributed by atoms with E-state index in [1.807, 2.05) is 6.07 Å². The molecule has 0 amide bonds. The standard InChI is InChI=1S/C18H11ClN6O/c19-12-5-1-2-7-14(12)25-9-11(13-6-3-4-10(8-20)22-13)16-15(18(25)26)17(21)24-23-16/h1-7,9H,(H3,21,23,24). The van der Waals surface area contributed by atoms with Crippen molar-refractivity contribution < 1.29 is 0 Å². The first-order valence-corrected chi connectivity index (χ1v) is 7.99. The molecule has 7 nitrogen and oxygen atoms in total. The second kappa shape index (κ2) is 6.02. The molecule has 126 valence electrons. The zero-order valence-corrected chi connectivity index (χ0v) is 14.0. The highest BCUT2D eigenvalue weighted by Gasteiger charge is 2.18. The highest BCUT2D eigenvalue weighted by Crippen LogP contribution is 2.28. The van der Waals surface area contributed by atoms with Gasteiger partial charge in [0.2, 0.25) is 0 Å². The molecule has 0 spiro atoms. The zero-order chi connectivity index (χ0) is 18.3. The number of rotatable bonds is 2. The lowest BCUT2D eigenvalue weighted by atomic mass is 10.1. The van der Waals surface area contributed by atoms with Gasteiger partial charge in [0.25, 0.3) is 5.56 Å². The van der Waals surface area contributed by atoms with Crippen LogP contribution in [0.4, 0.5) is 5.82 Å². The number of nitrogens with two attached hydrogens (primary N) is 1. The first-order valence-electron chi connectivity index (χ1n) is 7.62.